The van der Waals surface area contributed by atoms with Crippen molar-refractivity contribution >= 4 is 0 Å². The van der Waals surface area contributed by atoms with Crippen molar-refractivity contribution in [3.63, 3.8) is 0 Å². The van der Waals surface area contributed by atoms with E-state index in [1.807, 2.05) is 0 Å². The van der Waals surface area contributed by atoms with Crippen LogP contribution in [0.5, 0.6) is 11.5 Å². The highest BCUT2D eigenvalue weighted by Gasteiger charge is 2.58. The molecule has 4 atom stereocenters. The van der Waals surface area contributed by atoms with Crippen molar-refractivity contribution in [1.29, 1.82) is 0 Å². The molecule has 0 saturated carbocycles. The third-order valence-corrected chi connectivity index (χ3v) is 5.83. The van der Waals surface area contributed by atoms with E-state index in [0.29, 0.717) is 17.9 Å². The van der Waals surface area contributed by atoms with Gasteiger partial charge in [0.2, 0.25) is 0 Å². The van der Waals surface area contributed by atoms with Crippen LogP contribution in [-0.4, -0.2) is 13.2 Å². The predicted octanol–water partition coefficient (Wildman–Crippen LogP) is 4.26. The van der Waals surface area contributed by atoms with Crippen molar-refractivity contribution in [3.05, 3.63) is 35.4 Å². The molecular weight excluding hydrogens is 260 g/mol. The van der Waals surface area contributed by atoms with Crippen molar-refractivity contribution in [3.8, 4) is 11.5 Å². The molecule has 3 aliphatic rings. The quantitative estimate of drug-likeness (QED) is 0.772. The Morgan fingerprint density at radius 1 is 1.38 bits per heavy atom. The van der Waals surface area contributed by atoms with Gasteiger partial charge in [-0.2, -0.15) is 0 Å². The molecule has 1 aliphatic heterocycles. The maximum atomic E-state index is 6.45. The lowest BCUT2D eigenvalue weighted by molar-refractivity contribution is 0.0706. The van der Waals surface area contributed by atoms with Crippen LogP contribution < -0.4 is 9.47 Å². The van der Waals surface area contributed by atoms with Crippen LogP contribution in [0.15, 0.2) is 24.3 Å². The summed E-state index contributed by atoms with van der Waals surface area (Å²) in [7, 11) is 1.75. The number of ether oxygens (including phenoxy) is 2. The van der Waals surface area contributed by atoms with E-state index in [-0.39, 0.29) is 5.41 Å². The van der Waals surface area contributed by atoms with Crippen molar-refractivity contribution < 1.29 is 9.47 Å². The first-order valence-corrected chi connectivity index (χ1v) is 8.26. The minimum absolute atomic E-state index is 0.181. The fraction of sp³-hybridized carbons (Fsp3) is 0.579. The molecule has 0 saturated heterocycles. The third-order valence-electron chi connectivity index (χ3n) is 5.83. The van der Waals surface area contributed by atoms with E-state index < -0.39 is 0 Å². The molecule has 0 radical (unpaired) electrons. The summed E-state index contributed by atoms with van der Waals surface area (Å²) in [5.41, 5.74) is 3.14. The first kappa shape index (κ1) is 13.2. The van der Waals surface area contributed by atoms with Crippen LogP contribution in [0.3, 0.4) is 0 Å². The molecular formula is C19H24O2. The van der Waals surface area contributed by atoms with Gasteiger partial charge in [-0.1, -0.05) is 38.5 Å². The van der Waals surface area contributed by atoms with Crippen molar-refractivity contribution in [2.45, 2.75) is 51.0 Å². The zero-order valence-corrected chi connectivity index (χ0v) is 13.2. The summed E-state index contributed by atoms with van der Waals surface area (Å²) in [4.78, 5) is 0. The summed E-state index contributed by atoms with van der Waals surface area (Å²) < 4.78 is 12.0. The van der Waals surface area contributed by atoms with Gasteiger partial charge in [0.25, 0.3) is 0 Å². The summed E-state index contributed by atoms with van der Waals surface area (Å²) in [5, 5.41) is 0. The molecule has 2 aliphatic carbocycles. The first-order chi connectivity index (χ1) is 10.2. The smallest absolute Gasteiger partial charge is 0.165 e. The molecule has 1 aromatic carbocycles. The van der Waals surface area contributed by atoms with Crippen LogP contribution >= 0.6 is 0 Å². The zero-order chi connectivity index (χ0) is 14.6. The molecule has 21 heavy (non-hydrogen) atoms. The lowest BCUT2D eigenvalue weighted by Crippen LogP contribution is -2.50. The third kappa shape index (κ3) is 1.54. The Balaban J connectivity index is 2.00. The lowest BCUT2D eigenvalue weighted by atomic mass is 9.54. The van der Waals surface area contributed by atoms with Gasteiger partial charge in [0, 0.05) is 17.4 Å². The molecule has 2 nitrogen and oxygen atoms in total. The molecule has 0 aromatic heterocycles. The highest BCUT2D eigenvalue weighted by Crippen LogP contribution is 2.61. The predicted molar refractivity (Wildman–Crippen MR) is 84.1 cm³/mol. The highest BCUT2D eigenvalue weighted by molar-refractivity contribution is 5.60. The standard InChI is InChI=1S/C19H24O2/c1-4-10-19-14-6-5-7-16(19)21-18-15(20-3)9-8-13(17(18)19)11-12(14)2/h5-6,8-9,12,14,16H,4,7,10-11H2,1-3H3/t12?,14?,16-,19?/m0/s1. The van der Waals surface area contributed by atoms with E-state index in [4.69, 9.17) is 9.47 Å². The minimum Gasteiger partial charge on any atom is -0.493 e. The van der Waals surface area contributed by atoms with E-state index >= 15 is 0 Å². The zero-order valence-electron chi connectivity index (χ0n) is 13.2. The van der Waals surface area contributed by atoms with E-state index in [9.17, 15) is 0 Å². The van der Waals surface area contributed by atoms with Crippen molar-refractivity contribution in [2.75, 3.05) is 7.11 Å². The van der Waals surface area contributed by atoms with Gasteiger partial charge in [-0.05, 0) is 36.3 Å². The van der Waals surface area contributed by atoms with Crippen LogP contribution in [0, 0.1) is 11.8 Å². The number of hydrogen-bond donors (Lipinski definition) is 0. The fourth-order valence-corrected chi connectivity index (χ4v) is 5.17. The van der Waals surface area contributed by atoms with Gasteiger partial charge < -0.3 is 9.47 Å². The van der Waals surface area contributed by atoms with E-state index in [1.165, 1.54) is 24.0 Å². The Bertz CT molecular complexity index is 604. The highest BCUT2D eigenvalue weighted by atomic mass is 16.5. The Morgan fingerprint density at radius 3 is 3.00 bits per heavy atom. The van der Waals surface area contributed by atoms with Gasteiger partial charge in [0.05, 0.1) is 7.11 Å². The largest absolute Gasteiger partial charge is 0.493 e. The Labute approximate surface area is 127 Å². The average Bonchev–Trinajstić information content (AvgIpc) is 2.82. The average molecular weight is 284 g/mol. The SMILES string of the molecule is CCCC12c3c4ccc(OC)c3O[C@H]1CC=CC2C(C)C4. The van der Waals surface area contributed by atoms with E-state index in [2.05, 4.69) is 38.1 Å². The molecule has 3 unspecified atom stereocenters. The normalized spacial score (nSPS) is 35.3. The Hall–Kier alpha value is -1.44. The second kappa shape index (κ2) is 4.53. The number of methoxy groups -OCH3 is 1. The monoisotopic (exact) mass is 284 g/mol. The maximum Gasteiger partial charge on any atom is 0.165 e. The molecule has 0 bridgehead atoms. The molecule has 1 heterocycles. The van der Waals surface area contributed by atoms with Gasteiger partial charge in [0.1, 0.15) is 6.10 Å². The topological polar surface area (TPSA) is 18.5 Å². The summed E-state index contributed by atoms with van der Waals surface area (Å²) in [5.74, 6) is 3.24. The summed E-state index contributed by atoms with van der Waals surface area (Å²) in [6.45, 7) is 4.70. The summed E-state index contributed by atoms with van der Waals surface area (Å²) in [6.07, 6.45) is 9.70. The molecule has 4 rings (SSSR count). The van der Waals surface area contributed by atoms with Gasteiger partial charge in [-0.3, -0.25) is 0 Å². The minimum atomic E-state index is 0.181. The summed E-state index contributed by atoms with van der Waals surface area (Å²) >= 11 is 0. The second-order valence-corrected chi connectivity index (χ2v) is 6.90. The Kier molecular flexibility index (Phi) is 2.85. The molecule has 0 fully saturated rings. The van der Waals surface area contributed by atoms with Gasteiger partial charge in [-0.25, -0.2) is 0 Å². The van der Waals surface area contributed by atoms with Gasteiger partial charge in [0.15, 0.2) is 11.5 Å². The Morgan fingerprint density at radius 2 is 2.24 bits per heavy atom. The van der Waals surface area contributed by atoms with Crippen LogP contribution in [0.25, 0.3) is 0 Å². The van der Waals surface area contributed by atoms with Crippen LogP contribution in [-0.2, 0) is 11.8 Å². The van der Waals surface area contributed by atoms with Crippen LogP contribution in [0.2, 0.25) is 0 Å². The van der Waals surface area contributed by atoms with Crippen molar-refractivity contribution in [1.82, 2.24) is 0 Å². The number of allylic oxidation sites excluding steroid dienone is 1. The van der Waals surface area contributed by atoms with E-state index in [0.717, 1.165) is 24.3 Å². The molecule has 2 heteroatoms. The van der Waals surface area contributed by atoms with E-state index in [1.54, 1.807) is 7.11 Å². The van der Waals surface area contributed by atoms with Gasteiger partial charge >= 0.3 is 0 Å². The maximum absolute atomic E-state index is 6.45. The molecule has 0 amide bonds. The molecule has 1 aromatic rings. The molecule has 112 valence electrons. The summed E-state index contributed by atoms with van der Waals surface area (Å²) in [6, 6.07) is 4.36. The number of benzene rings is 1. The lowest BCUT2D eigenvalue weighted by Gasteiger charge is -2.48. The first-order valence-electron chi connectivity index (χ1n) is 8.26. The van der Waals surface area contributed by atoms with Crippen LogP contribution in [0.1, 0.15) is 44.2 Å². The number of hydrogen-bond acceptors (Lipinski definition) is 2. The van der Waals surface area contributed by atoms with Crippen LogP contribution in [0.4, 0.5) is 0 Å². The number of rotatable bonds is 3. The fourth-order valence-electron chi connectivity index (χ4n) is 5.17. The van der Waals surface area contributed by atoms with Crippen molar-refractivity contribution in [2.24, 2.45) is 11.8 Å². The molecule has 0 N–H and O–H groups in total. The van der Waals surface area contributed by atoms with Gasteiger partial charge in [-0.15, -0.1) is 0 Å². The molecule has 0 spiro atoms. The second-order valence-electron chi connectivity index (χ2n) is 6.90.